The SMILES string of the molecule is CC(=O)c1ccc(-c2ccc([C@H]3NC(=O)N[C@@](O)(C(F)(F)F)[C@@H]3C(=O)c3ccccc3)o2)cc1. The van der Waals surface area contributed by atoms with Crippen molar-refractivity contribution >= 4 is 17.6 Å². The van der Waals surface area contributed by atoms with Gasteiger partial charge in [-0.3, -0.25) is 9.59 Å². The second-order valence-electron chi connectivity index (χ2n) is 7.88. The van der Waals surface area contributed by atoms with Crippen LogP contribution in [0.2, 0.25) is 0 Å². The lowest BCUT2D eigenvalue weighted by molar-refractivity contribution is -0.288. The first-order chi connectivity index (χ1) is 16.0. The molecule has 2 amide bonds. The monoisotopic (exact) mass is 472 g/mol. The Morgan fingerprint density at radius 1 is 0.971 bits per heavy atom. The molecule has 0 saturated carbocycles. The third-order valence-corrected chi connectivity index (χ3v) is 5.66. The number of rotatable bonds is 5. The van der Waals surface area contributed by atoms with Crippen molar-refractivity contribution in [2.24, 2.45) is 5.92 Å². The first-order valence-electron chi connectivity index (χ1n) is 10.2. The molecule has 3 N–H and O–H groups in total. The van der Waals surface area contributed by atoms with E-state index < -0.39 is 35.7 Å². The number of carbonyl (C=O) groups excluding carboxylic acids is 3. The van der Waals surface area contributed by atoms with Crippen molar-refractivity contribution in [2.75, 3.05) is 0 Å². The average molecular weight is 472 g/mol. The number of hydrogen-bond donors (Lipinski definition) is 3. The fraction of sp³-hybridized carbons (Fsp3) is 0.208. The van der Waals surface area contributed by atoms with E-state index in [0.29, 0.717) is 11.1 Å². The Balaban J connectivity index is 1.77. The van der Waals surface area contributed by atoms with Crippen molar-refractivity contribution in [2.45, 2.75) is 24.9 Å². The number of amides is 2. The third-order valence-electron chi connectivity index (χ3n) is 5.66. The molecule has 1 aromatic heterocycles. The highest BCUT2D eigenvalue weighted by Crippen LogP contribution is 2.44. The first kappa shape index (κ1) is 23.2. The summed E-state index contributed by atoms with van der Waals surface area (Å²) in [5, 5.41) is 14.4. The van der Waals surface area contributed by atoms with E-state index in [4.69, 9.17) is 4.42 Å². The second kappa shape index (κ2) is 8.45. The van der Waals surface area contributed by atoms with Crippen molar-refractivity contribution in [3.8, 4) is 11.3 Å². The van der Waals surface area contributed by atoms with Crippen molar-refractivity contribution in [1.29, 1.82) is 0 Å². The summed E-state index contributed by atoms with van der Waals surface area (Å²) in [5.74, 6) is -3.29. The summed E-state index contributed by atoms with van der Waals surface area (Å²) in [5.41, 5.74) is -2.94. The molecule has 1 saturated heterocycles. The molecule has 4 rings (SSSR count). The van der Waals surface area contributed by atoms with E-state index >= 15 is 0 Å². The number of halogens is 3. The van der Waals surface area contributed by atoms with Crippen LogP contribution in [0.1, 0.15) is 39.4 Å². The van der Waals surface area contributed by atoms with E-state index in [1.807, 2.05) is 0 Å². The Hall–Kier alpha value is -3.92. The summed E-state index contributed by atoms with van der Waals surface area (Å²) in [6.07, 6.45) is -5.37. The lowest BCUT2D eigenvalue weighted by atomic mass is 9.79. The zero-order chi connectivity index (χ0) is 24.7. The Kier molecular flexibility index (Phi) is 5.78. The van der Waals surface area contributed by atoms with Crippen LogP contribution in [0.5, 0.6) is 0 Å². The molecular weight excluding hydrogens is 453 g/mol. The van der Waals surface area contributed by atoms with Crippen molar-refractivity contribution in [3.05, 3.63) is 83.6 Å². The largest absolute Gasteiger partial charge is 0.459 e. The molecule has 0 aliphatic carbocycles. The van der Waals surface area contributed by atoms with Gasteiger partial charge >= 0.3 is 12.2 Å². The van der Waals surface area contributed by atoms with E-state index in [2.05, 4.69) is 5.32 Å². The summed E-state index contributed by atoms with van der Waals surface area (Å²) >= 11 is 0. The van der Waals surface area contributed by atoms with Gasteiger partial charge in [0.25, 0.3) is 0 Å². The Bertz CT molecular complexity index is 1240. The van der Waals surface area contributed by atoms with Crippen LogP contribution in [-0.2, 0) is 0 Å². The fourth-order valence-corrected chi connectivity index (χ4v) is 3.90. The minimum Gasteiger partial charge on any atom is -0.459 e. The number of alkyl halides is 3. The number of urea groups is 1. The molecule has 2 heterocycles. The van der Waals surface area contributed by atoms with Gasteiger partial charge in [-0.2, -0.15) is 13.2 Å². The van der Waals surface area contributed by atoms with E-state index in [9.17, 15) is 32.7 Å². The molecule has 1 fully saturated rings. The van der Waals surface area contributed by atoms with Gasteiger partial charge in [0.2, 0.25) is 5.72 Å². The van der Waals surface area contributed by atoms with Crippen molar-refractivity contribution < 1.29 is 37.1 Å². The van der Waals surface area contributed by atoms with E-state index in [0.717, 1.165) is 0 Å². The molecule has 7 nitrogen and oxygen atoms in total. The first-order valence-corrected chi connectivity index (χ1v) is 10.2. The molecule has 0 spiro atoms. The van der Waals surface area contributed by atoms with Gasteiger partial charge in [0.15, 0.2) is 11.6 Å². The smallest absolute Gasteiger partial charge is 0.437 e. The maximum absolute atomic E-state index is 14.0. The highest BCUT2D eigenvalue weighted by molar-refractivity contribution is 6.00. The quantitative estimate of drug-likeness (QED) is 0.481. The van der Waals surface area contributed by atoms with Crippen LogP contribution in [-0.4, -0.2) is 34.6 Å². The standard InChI is InChI=1S/C24H19F3N2O5/c1-13(30)14-7-9-15(10-8-14)17-11-12-18(34-17)20-19(21(31)16-5-3-2-4-6-16)23(33,24(25,26)27)29-22(32)28-20/h2-12,19-20,33H,1H3,(H2,28,29,32)/t19-,20+,23-/m0/s1. The zero-order valence-electron chi connectivity index (χ0n) is 17.7. The Morgan fingerprint density at radius 3 is 2.21 bits per heavy atom. The predicted molar refractivity (Wildman–Crippen MR) is 114 cm³/mol. The number of nitrogens with one attached hydrogen (secondary N) is 2. The predicted octanol–water partition coefficient (Wildman–Crippen LogP) is 4.25. The summed E-state index contributed by atoms with van der Waals surface area (Å²) < 4.78 is 47.7. The van der Waals surface area contributed by atoms with Gasteiger partial charge in [-0.05, 0) is 19.1 Å². The molecule has 176 valence electrons. The molecule has 0 radical (unpaired) electrons. The maximum atomic E-state index is 14.0. The summed E-state index contributed by atoms with van der Waals surface area (Å²) in [6.45, 7) is 1.41. The minimum absolute atomic E-state index is 0.0790. The van der Waals surface area contributed by atoms with Crippen LogP contribution >= 0.6 is 0 Å². The third kappa shape index (κ3) is 4.08. The van der Waals surface area contributed by atoms with Gasteiger partial charge < -0.3 is 20.2 Å². The number of hydrogen-bond acceptors (Lipinski definition) is 5. The van der Waals surface area contributed by atoms with Gasteiger partial charge in [0.05, 0.1) is 0 Å². The van der Waals surface area contributed by atoms with Gasteiger partial charge in [-0.1, -0.05) is 54.6 Å². The highest BCUT2D eigenvalue weighted by atomic mass is 19.4. The normalized spacial score (nSPS) is 22.6. The molecule has 2 aromatic carbocycles. The molecule has 0 bridgehead atoms. The zero-order valence-corrected chi connectivity index (χ0v) is 17.7. The van der Waals surface area contributed by atoms with E-state index in [-0.39, 0.29) is 22.9 Å². The van der Waals surface area contributed by atoms with Crippen LogP contribution in [0.25, 0.3) is 11.3 Å². The molecule has 3 aromatic rings. The fourth-order valence-electron chi connectivity index (χ4n) is 3.90. The molecule has 34 heavy (non-hydrogen) atoms. The molecular formula is C24H19F3N2O5. The van der Waals surface area contributed by atoms with Gasteiger partial charge in [0, 0.05) is 16.7 Å². The van der Waals surface area contributed by atoms with Crippen molar-refractivity contribution in [3.63, 3.8) is 0 Å². The van der Waals surface area contributed by atoms with Crippen LogP contribution in [0.4, 0.5) is 18.0 Å². The van der Waals surface area contributed by atoms with Gasteiger partial charge in [-0.15, -0.1) is 0 Å². The summed E-state index contributed by atoms with van der Waals surface area (Å²) in [4.78, 5) is 36.8. The summed E-state index contributed by atoms with van der Waals surface area (Å²) in [7, 11) is 0. The topological polar surface area (TPSA) is 109 Å². The van der Waals surface area contributed by atoms with E-state index in [1.165, 1.54) is 48.6 Å². The molecule has 1 aliphatic rings. The highest BCUT2D eigenvalue weighted by Gasteiger charge is 2.66. The van der Waals surface area contributed by atoms with Crippen LogP contribution in [0.15, 0.2) is 71.1 Å². The number of ketones is 2. The number of Topliss-reactive ketones (excluding diaryl/α,β-unsaturated/α-hetero) is 2. The second-order valence-corrected chi connectivity index (χ2v) is 7.88. The number of furan rings is 1. The van der Waals surface area contributed by atoms with Gasteiger partial charge in [-0.25, -0.2) is 4.79 Å². The molecule has 0 unspecified atom stereocenters. The molecule has 1 aliphatic heterocycles. The minimum atomic E-state index is -5.37. The Labute approximate surface area is 191 Å². The molecule has 10 heteroatoms. The van der Waals surface area contributed by atoms with Crippen LogP contribution < -0.4 is 10.6 Å². The van der Waals surface area contributed by atoms with Crippen molar-refractivity contribution in [1.82, 2.24) is 10.6 Å². The average Bonchev–Trinajstić information content (AvgIpc) is 3.28. The Morgan fingerprint density at radius 2 is 1.62 bits per heavy atom. The van der Waals surface area contributed by atoms with Crippen LogP contribution in [0, 0.1) is 5.92 Å². The lowest BCUT2D eigenvalue weighted by Crippen LogP contribution is -2.72. The molecule has 3 atom stereocenters. The number of carbonyl (C=O) groups is 3. The number of benzene rings is 2. The van der Waals surface area contributed by atoms with Gasteiger partial charge in [0.1, 0.15) is 23.5 Å². The maximum Gasteiger partial charge on any atom is 0.437 e. The van der Waals surface area contributed by atoms with E-state index in [1.54, 1.807) is 30.3 Å². The van der Waals surface area contributed by atoms with Crippen LogP contribution in [0.3, 0.4) is 0 Å². The summed E-state index contributed by atoms with van der Waals surface area (Å²) in [6, 6.07) is 13.3. The lowest BCUT2D eigenvalue weighted by Gasteiger charge is -2.44. The number of aliphatic hydroxyl groups is 1.